The average Bonchev–Trinajstić information content (AvgIpc) is 0.963. The van der Waals surface area contributed by atoms with E-state index >= 15 is 0 Å². The molecule has 484 valence electrons. The van der Waals surface area contributed by atoms with Crippen LogP contribution in [0.3, 0.4) is 0 Å². The van der Waals surface area contributed by atoms with Crippen molar-refractivity contribution in [3.63, 3.8) is 0 Å². The van der Waals surface area contributed by atoms with Gasteiger partial charge < -0.3 is 33.0 Å². The number of nitrogens with zero attached hydrogens (tertiary/aromatic N) is 4. The van der Waals surface area contributed by atoms with Gasteiger partial charge in [0.1, 0.15) is 46.7 Å². The predicted molar refractivity (Wildman–Crippen MR) is 336 cm³/mol. The number of nitriles is 2. The fourth-order valence-corrected chi connectivity index (χ4v) is 20.7. The van der Waals surface area contributed by atoms with Crippen molar-refractivity contribution in [2.45, 2.75) is 175 Å². The smallest absolute Gasteiger partial charge is 0.367 e. The summed E-state index contributed by atoms with van der Waals surface area (Å²) >= 11 is 0. The summed E-state index contributed by atoms with van der Waals surface area (Å²) < 4.78 is 89.9. The molecule has 2 aliphatic heterocycles. The molecule has 14 rings (SSSR count). The molecule has 10 aliphatic rings. The Balaban J connectivity index is 0.000000148. The molecule has 2 unspecified atom stereocenters. The minimum Gasteiger partial charge on any atom is -0.743 e. The van der Waals surface area contributed by atoms with Gasteiger partial charge >= 0.3 is 29.1 Å². The molecule has 4 aromatic carbocycles. The maximum absolute atomic E-state index is 13.0. The van der Waals surface area contributed by atoms with Gasteiger partial charge in [-0.25, -0.2) is 18.0 Å². The number of ether oxygens (including phenoxy) is 6. The van der Waals surface area contributed by atoms with Gasteiger partial charge in [-0.3, -0.25) is 9.59 Å². The lowest BCUT2D eigenvalue weighted by Gasteiger charge is -2.53. The van der Waals surface area contributed by atoms with E-state index in [1.807, 2.05) is 6.07 Å². The number of benzene rings is 4. The van der Waals surface area contributed by atoms with Crippen LogP contribution in [0.25, 0.3) is 21.5 Å². The summed E-state index contributed by atoms with van der Waals surface area (Å²) in [6.45, 7) is 2.47. The quantitative estimate of drug-likeness (QED) is 0.0233. The number of azo groups is 1. The van der Waals surface area contributed by atoms with E-state index in [-0.39, 0.29) is 63.2 Å². The Bertz CT molecular complexity index is 3260. The topological polar surface area (TPSA) is 253 Å². The normalized spacial score (nSPS) is 27.1. The number of hydrogen-bond acceptors (Lipinski definition) is 17. The van der Waals surface area contributed by atoms with E-state index in [4.69, 9.17) is 23.7 Å². The van der Waals surface area contributed by atoms with Gasteiger partial charge in [-0.15, -0.1) is 0 Å². The van der Waals surface area contributed by atoms with Crippen molar-refractivity contribution in [1.29, 1.82) is 10.5 Å². The van der Waals surface area contributed by atoms with Crippen molar-refractivity contribution in [3.8, 4) is 23.6 Å². The van der Waals surface area contributed by atoms with Crippen molar-refractivity contribution in [2.24, 2.45) is 57.6 Å². The summed E-state index contributed by atoms with van der Waals surface area (Å²) in [6.07, 6.45) is 17.4. The standard InChI is InChI=1S/2C26H31O3S.C16H22F2N4O7S/c2*27-25(29-26-19-12-17-11-18(14-19)15-20(26)13-17)16-28-23-7-8-24(30-9-3-4-10-30)22-6-2-1-5-21(22)23;1-4-28-12(23)5-7-14(2,9-19)21-22-15(3,10-20)8-6-13(24)29-11-16(17,18)30(25,26)27/h2*1-2,5-8,17-20,26H,3-4,9-16H2;4-8,11H2,1-3H3,(H,25,26,27)/q2*+1;/p-1. The maximum atomic E-state index is 13.0. The lowest BCUT2D eigenvalue weighted by Crippen LogP contribution is -2.50. The summed E-state index contributed by atoms with van der Waals surface area (Å²) in [5, 5.41) is 26.1. The number of carbonyl (C=O) groups excluding carboxylic acids is 4. The van der Waals surface area contributed by atoms with Crippen molar-refractivity contribution < 1.29 is 69.4 Å². The van der Waals surface area contributed by atoms with Crippen molar-refractivity contribution in [3.05, 3.63) is 72.8 Å². The summed E-state index contributed by atoms with van der Waals surface area (Å²) in [5.41, 5.74) is -3.11. The van der Waals surface area contributed by atoms with E-state index in [9.17, 15) is 51.5 Å². The molecule has 22 heteroatoms. The highest BCUT2D eigenvalue weighted by molar-refractivity contribution is 7.97. The third-order valence-electron chi connectivity index (χ3n) is 19.6. The van der Waals surface area contributed by atoms with Crippen LogP contribution >= 0.6 is 0 Å². The molecular formula is C68H83F2N4O13S3+. The Morgan fingerprint density at radius 2 is 0.911 bits per heavy atom. The third kappa shape index (κ3) is 16.4. The van der Waals surface area contributed by atoms with Crippen molar-refractivity contribution >= 4 is 77.3 Å². The zero-order valence-electron chi connectivity index (χ0n) is 51.7. The molecule has 4 aromatic rings. The first-order valence-electron chi connectivity index (χ1n) is 32.1. The van der Waals surface area contributed by atoms with Crippen LogP contribution in [0, 0.1) is 70.0 Å². The highest BCUT2D eigenvalue weighted by atomic mass is 32.2. The first-order valence-corrected chi connectivity index (χ1v) is 36.6. The van der Waals surface area contributed by atoms with Gasteiger partial charge in [-0.1, -0.05) is 36.4 Å². The van der Waals surface area contributed by atoms with Crippen LogP contribution < -0.4 is 9.47 Å². The Kier molecular flexibility index (Phi) is 21.7. The van der Waals surface area contributed by atoms with Crippen LogP contribution in [0.4, 0.5) is 8.78 Å². The molecule has 10 fully saturated rings. The zero-order chi connectivity index (χ0) is 63.8. The molecule has 8 bridgehead atoms. The van der Waals surface area contributed by atoms with Crippen LogP contribution in [0.15, 0.2) is 92.8 Å². The molecule has 0 spiro atoms. The molecule has 0 N–H and O–H groups in total. The maximum Gasteiger partial charge on any atom is 0.367 e. The highest BCUT2D eigenvalue weighted by Crippen LogP contribution is 2.56. The number of alkyl halides is 2. The van der Waals surface area contributed by atoms with Gasteiger partial charge in [0.15, 0.2) is 50.8 Å². The Morgan fingerprint density at radius 3 is 1.26 bits per heavy atom. The van der Waals surface area contributed by atoms with Crippen molar-refractivity contribution in [2.75, 3.05) is 49.4 Å². The van der Waals surface area contributed by atoms with Gasteiger partial charge in [0, 0.05) is 56.2 Å². The average molecular weight is 1300 g/mol. The SMILES string of the molecule is CCOC(=O)CCC(C)(C#N)N=NC(C)(C#N)CCC(=O)OCC(F)(F)S(=O)(=O)[O-].O=C(COc1ccc([S+]2CCCC2)c2ccccc12)OC1C2CC3CC(C2)CC1C3.O=C(COc1ccc([S+]2CCCC2)c2ccccc12)OC1C2CC3CC(C2)CC1C3. The summed E-state index contributed by atoms with van der Waals surface area (Å²) in [5.74, 6) is 10.6. The molecule has 2 saturated heterocycles. The van der Waals surface area contributed by atoms with E-state index in [1.54, 1.807) is 13.0 Å². The first kappa shape index (κ1) is 66.8. The fraction of sp³-hybridized carbons (Fsp3) is 0.618. The lowest BCUT2D eigenvalue weighted by molar-refractivity contribution is -0.173. The van der Waals surface area contributed by atoms with E-state index in [1.165, 1.54) is 147 Å². The van der Waals surface area contributed by atoms with Crippen molar-refractivity contribution in [1.82, 2.24) is 0 Å². The highest BCUT2D eigenvalue weighted by Gasteiger charge is 2.51. The van der Waals surface area contributed by atoms with Crippen LogP contribution in [-0.2, 0) is 70.0 Å². The second kappa shape index (κ2) is 29.3. The molecule has 0 amide bonds. The number of fused-ring (bicyclic) bond motifs is 2. The number of esters is 4. The van der Waals surface area contributed by atoms with E-state index < -0.39 is 51.4 Å². The predicted octanol–water partition coefficient (Wildman–Crippen LogP) is 12.5. The van der Waals surface area contributed by atoms with E-state index in [2.05, 4.69) is 87.8 Å². The van der Waals surface area contributed by atoms with Gasteiger partial charge in [0.2, 0.25) is 0 Å². The Morgan fingerprint density at radius 1 is 0.556 bits per heavy atom. The van der Waals surface area contributed by atoms with Gasteiger partial charge in [-0.05, 0) is 207 Å². The Labute approximate surface area is 532 Å². The Hall–Kier alpha value is -6.07. The largest absolute Gasteiger partial charge is 0.743 e. The molecule has 8 aliphatic carbocycles. The molecule has 8 saturated carbocycles. The zero-order valence-corrected chi connectivity index (χ0v) is 54.1. The monoisotopic (exact) mass is 1300 g/mol. The van der Waals surface area contributed by atoms with Crippen LogP contribution in [0.1, 0.15) is 136 Å². The molecular weight excluding hydrogens is 1210 g/mol. The van der Waals surface area contributed by atoms with Crippen LogP contribution in [0.5, 0.6) is 11.5 Å². The van der Waals surface area contributed by atoms with Gasteiger partial charge in [0.05, 0.1) is 18.7 Å². The second-order valence-corrected chi connectivity index (χ2v) is 32.3. The van der Waals surface area contributed by atoms with E-state index in [0.717, 1.165) is 45.9 Å². The number of hydrogen-bond donors (Lipinski definition) is 0. The molecule has 0 radical (unpaired) electrons. The summed E-state index contributed by atoms with van der Waals surface area (Å²) in [7, 11) is -5.28. The summed E-state index contributed by atoms with van der Waals surface area (Å²) in [4.78, 5) is 51.2. The number of halogens is 2. The third-order valence-corrected chi connectivity index (χ3v) is 25.5. The second-order valence-electron chi connectivity index (χ2n) is 26.3. The minimum atomic E-state index is -6.00. The van der Waals surface area contributed by atoms with Crippen LogP contribution in [-0.4, -0.2) is 115 Å². The van der Waals surface area contributed by atoms with Gasteiger partial charge in [0.25, 0.3) is 0 Å². The molecule has 2 atom stereocenters. The summed E-state index contributed by atoms with van der Waals surface area (Å²) in [6, 6.07) is 29.2. The van der Waals surface area contributed by atoms with E-state index in [0.29, 0.717) is 45.5 Å². The fourth-order valence-electron chi connectivity index (χ4n) is 15.5. The van der Waals surface area contributed by atoms with Crippen LogP contribution in [0.2, 0.25) is 0 Å². The number of rotatable bonds is 22. The first-order chi connectivity index (χ1) is 43.1. The minimum absolute atomic E-state index is 0.0118. The lowest BCUT2D eigenvalue weighted by atomic mass is 9.55. The van der Waals surface area contributed by atoms with Gasteiger partial charge in [-0.2, -0.15) is 29.5 Å². The molecule has 2 heterocycles. The molecule has 90 heavy (non-hydrogen) atoms. The molecule has 17 nitrogen and oxygen atoms in total. The molecule has 0 aromatic heterocycles. The number of carbonyl (C=O) groups is 4.